The number of rotatable bonds is 6. The molecule has 1 heterocycles. The summed E-state index contributed by atoms with van der Waals surface area (Å²) in [4.78, 5) is 0. The first kappa shape index (κ1) is 13.2. The summed E-state index contributed by atoms with van der Waals surface area (Å²) in [5.74, 6) is 0.953. The zero-order valence-electron chi connectivity index (χ0n) is 11.2. The maximum absolute atomic E-state index is 5.64. The summed E-state index contributed by atoms with van der Waals surface area (Å²) in [5, 5.41) is 3.50. The fourth-order valence-electron chi connectivity index (χ4n) is 2.90. The van der Waals surface area contributed by atoms with Crippen molar-refractivity contribution in [3.05, 3.63) is 42.5 Å². The predicted molar refractivity (Wildman–Crippen MR) is 76.2 cm³/mol. The number of benzene rings is 1. The Bertz CT molecular complexity index is 394. The summed E-state index contributed by atoms with van der Waals surface area (Å²) < 4.78 is 5.64. The van der Waals surface area contributed by atoms with Crippen LogP contribution >= 0.6 is 0 Å². The van der Waals surface area contributed by atoms with Crippen molar-refractivity contribution in [1.29, 1.82) is 0 Å². The first-order chi connectivity index (χ1) is 8.80. The van der Waals surface area contributed by atoms with Gasteiger partial charge in [0.15, 0.2) is 0 Å². The minimum Gasteiger partial charge on any atom is -0.490 e. The third-order valence-corrected chi connectivity index (χ3v) is 3.79. The van der Waals surface area contributed by atoms with Crippen LogP contribution in [0.2, 0.25) is 0 Å². The van der Waals surface area contributed by atoms with Crippen LogP contribution in [0, 0.1) is 0 Å². The van der Waals surface area contributed by atoms with Crippen molar-refractivity contribution in [3.8, 4) is 5.75 Å². The number of hydrogen-bond acceptors (Lipinski definition) is 2. The van der Waals surface area contributed by atoms with E-state index >= 15 is 0 Å². The summed E-state index contributed by atoms with van der Waals surface area (Å²) in [7, 11) is 0. The maximum Gasteiger partial charge on any atom is 0.120 e. The van der Waals surface area contributed by atoms with Crippen LogP contribution in [0.4, 0.5) is 0 Å². The molecule has 1 aromatic rings. The Labute approximate surface area is 110 Å². The van der Waals surface area contributed by atoms with E-state index in [-0.39, 0.29) is 0 Å². The normalized spacial score (nSPS) is 22.9. The molecule has 1 aromatic carbocycles. The second-order valence-corrected chi connectivity index (χ2v) is 5.08. The van der Waals surface area contributed by atoms with Gasteiger partial charge in [-0.3, -0.25) is 0 Å². The molecule has 0 bridgehead atoms. The molecular formula is C16H23NO. The number of hydrogen-bond donors (Lipinski definition) is 1. The Hall–Kier alpha value is -1.28. The molecule has 98 valence electrons. The Kier molecular flexibility index (Phi) is 4.43. The van der Waals surface area contributed by atoms with Gasteiger partial charge in [0.25, 0.3) is 0 Å². The second-order valence-electron chi connectivity index (χ2n) is 5.08. The molecule has 1 atom stereocenters. The lowest BCUT2D eigenvalue weighted by molar-refractivity contribution is 0.359. The molecule has 1 aliphatic heterocycles. The Morgan fingerprint density at radius 3 is 3.06 bits per heavy atom. The van der Waals surface area contributed by atoms with Crippen LogP contribution in [-0.2, 0) is 5.41 Å². The van der Waals surface area contributed by atoms with E-state index < -0.39 is 0 Å². The van der Waals surface area contributed by atoms with E-state index in [2.05, 4.69) is 37.0 Å². The predicted octanol–water partition coefficient (Wildman–Crippen LogP) is 3.28. The van der Waals surface area contributed by atoms with Gasteiger partial charge in [-0.05, 0) is 37.1 Å². The minimum atomic E-state index is 0.308. The van der Waals surface area contributed by atoms with Crippen LogP contribution in [0.5, 0.6) is 5.75 Å². The van der Waals surface area contributed by atoms with E-state index in [9.17, 15) is 0 Å². The molecule has 0 aliphatic carbocycles. The molecule has 2 rings (SSSR count). The number of ether oxygens (including phenoxy) is 1. The van der Waals surface area contributed by atoms with Crippen molar-refractivity contribution in [2.75, 3.05) is 19.7 Å². The van der Waals surface area contributed by atoms with Crippen LogP contribution in [-0.4, -0.2) is 19.7 Å². The molecule has 2 heteroatoms. The molecule has 1 saturated heterocycles. The van der Waals surface area contributed by atoms with Crippen LogP contribution in [0.3, 0.4) is 0 Å². The van der Waals surface area contributed by atoms with Gasteiger partial charge in [-0.15, -0.1) is 0 Å². The summed E-state index contributed by atoms with van der Waals surface area (Å²) in [6.45, 7) is 8.73. The minimum absolute atomic E-state index is 0.308. The maximum atomic E-state index is 5.64. The Morgan fingerprint density at radius 1 is 1.50 bits per heavy atom. The van der Waals surface area contributed by atoms with Gasteiger partial charge in [-0.25, -0.2) is 0 Å². The SMILES string of the molecule is C=CCOc1cccc([C@]2(CCC)CCNC2)c1. The standard InChI is InChI=1S/C16H23NO/c1-3-8-16(9-10-17-13-16)14-6-5-7-15(12-14)18-11-4-2/h4-7,12,17H,2-3,8-11,13H2,1H3/t16-/m1/s1. The highest BCUT2D eigenvalue weighted by molar-refractivity contribution is 5.35. The zero-order valence-corrected chi connectivity index (χ0v) is 11.2. The molecule has 2 nitrogen and oxygen atoms in total. The molecule has 1 aliphatic rings. The average Bonchev–Trinajstić information content (AvgIpc) is 2.87. The molecule has 18 heavy (non-hydrogen) atoms. The van der Waals surface area contributed by atoms with Crippen LogP contribution in [0.15, 0.2) is 36.9 Å². The highest BCUT2D eigenvalue weighted by Gasteiger charge is 2.34. The Morgan fingerprint density at radius 2 is 2.39 bits per heavy atom. The van der Waals surface area contributed by atoms with Gasteiger partial charge in [-0.2, -0.15) is 0 Å². The molecule has 0 aromatic heterocycles. The average molecular weight is 245 g/mol. The van der Waals surface area contributed by atoms with Crippen molar-refractivity contribution < 1.29 is 4.74 Å². The Balaban J connectivity index is 2.21. The largest absolute Gasteiger partial charge is 0.490 e. The van der Waals surface area contributed by atoms with Gasteiger partial charge in [0.05, 0.1) is 0 Å². The lowest BCUT2D eigenvalue weighted by Gasteiger charge is -2.29. The van der Waals surface area contributed by atoms with Gasteiger partial charge >= 0.3 is 0 Å². The van der Waals surface area contributed by atoms with E-state index in [1.165, 1.54) is 24.8 Å². The van der Waals surface area contributed by atoms with Crippen LogP contribution < -0.4 is 10.1 Å². The molecule has 0 unspecified atom stereocenters. The third kappa shape index (κ3) is 2.75. The lowest BCUT2D eigenvalue weighted by atomic mass is 9.76. The van der Waals surface area contributed by atoms with E-state index in [4.69, 9.17) is 4.74 Å². The molecule has 0 saturated carbocycles. The summed E-state index contributed by atoms with van der Waals surface area (Å²) in [6.07, 6.45) is 5.47. The van der Waals surface area contributed by atoms with Crippen molar-refractivity contribution >= 4 is 0 Å². The third-order valence-electron chi connectivity index (χ3n) is 3.79. The van der Waals surface area contributed by atoms with Crippen molar-refractivity contribution in [3.63, 3.8) is 0 Å². The van der Waals surface area contributed by atoms with E-state index in [1.54, 1.807) is 6.08 Å². The first-order valence-corrected chi connectivity index (χ1v) is 6.86. The molecule has 0 amide bonds. The van der Waals surface area contributed by atoms with Crippen LogP contribution in [0.25, 0.3) is 0 Å². The van der Waals surface area contributed by atoms with Crippen molar-refractivity contribution in [1.82, 2.24) is 5.32 Å². The van der Waals surface area contributed by atoms with Gasteiger partial charge < -0.3 is 10.1 Å². The molecule has 0 radical (unpaired) electrons. The molecular weight excluding hydrogens is 222 g/mol. The van der Waals surface area contributed by atoms with E-state index in [1.807, 2.05) is 6.07 Å². The second kappa shape index (κ2) is 6.05. The monoisotopic (exact) mass is 245 g/mol. The fourth-order valence-corrected chi connectivity index (χ4v) is 2.90. The topological polar surface area (TPSA) is 21.3 Å². The van der Waals surface area contributed by atoms with Crippen molar-refractivity contribution in [2.45, 2.75) is 31.6 Å². The van der Waals surface area contributed by atoms with Gasteiger partial charge in [0.2, 0.25) is 0 Å². The van der Waals surface area contributed by atoms with Crippen molar-refractivity contribution in [2.24, 2.45) is 0 Å². The summed E-state index contributed by atoms with van der Waals surface area (Å²) in [6, 6.07) is 8.56. The molecule has 0 spiro atoms. The van der Waals surface area contributed by atoms with E-state index in [0.29, 0.717) is 12.0 Å². The quantitative estimate of drug-likeness (QED) is 0.777. The molecule has 1 N–H and O–H groups in total. The van der Waals surface area contributed by atoms with E-state index in [0.717, 1.165) is 18.8 Å². The highest BCUT2D eigenvalue weighted by atomic mass is 16.5. The van der Waals surface area contributed by atoms with Gasteiger partial charge in [0.1, 0.15) is 12.4 Å². The fraction of sp³-hybridized carbons (Fsp3) is 0.500. The smallest absolute Gasteiger partial charge is 0.120 e. The first-order valence-electron chi connectivity index (χ1n) is 6.86. The zero-order chi connectivity index (χ0) is 12.8. The highest BCUT2D eigenvalue weighted by Crippen LogP contribution is 2.36. The lowest BCUT2D eigenvalue weighted by Crippen LogP contribution is -2.28. The van der Waals surface area contributed by atoms with Crippen LogP contribution in [0.1, 0.15) is 31.7 Å². The summed E-state index contributed by atoms with van der Waals surface area (Å²) in [5.41, 5.74) is 1.72. The number of nitrogens with one attached hydrogen (secondary N) is 1. The molecule has 1 fully saturated rings. The van der Waals surface area contributed by atoms with Gasteiger partial charge in [0, 0.05) is 12.0 Å². The summed E-state index contributed by atoms with van der Waals surface area (Å²) >= 11 is 0. The van der Waals surface area contributed by atoms with Gasteiger partial charge in [-0.1, -0.05) is 38.1 Å².